The number of rotatable bonds is 3. The highest BCUT2D eigenvalue weighted by molar-refractivity contribution is 6.31. The van der Waals surface area contributed by atoms with Crippen molar-refractivity contribution < 1.29 is 17.6 Å². The second-order valence-electron chi connectivity index (χ2n) is 8.47. The SMILES string of the molecule is Fc1cc(-n2ccnc2)ccc1C1c2[nH]c3ccc(Cl)cc3c2CCN1c1nccc(C(F)(F)F)n1. The van der Waals surface area contributed by atoms with Crippen LogP contribution >= 0.6 is 11.6 Å². The predicted molar refractivity (Wildman–Crippen MR) is 127 cm³/mol. The molecule has 36 heavy (non-hydrogen) atoms. The van der Waals surface area contributed by atoms with Gasteiger partial charge in [-0.1, -0.05) is 17.7 Å². The second-order valence-corrected chi connectivity index (χ2v) is 8.90. The van der Waals surface area contributed by atoms with E-state index in [0.29, 0.717) is 22.8 Å². The summed E-state index contributed by atoms with van der Waals surface area (Å²) in [4.78, 5) is 16.9. The highest BCUT2D eigenvalue weighted by Gasteiger charge is 2.37. The van der Waals surface area contributed by atoms with Gasteiger partial charge in [-0.05, 0) is 48.4 Å². The molecule has 1 aliphatic heterocycles. The van der Waals surface area contributed by atoms with Crippen LogP contribution in [0, 0.1) is 5.82 Å². The van der Waals surface area contributed by atoms with Gasteiger partial charge in [0.25, 0.3) is 0 Å². The van der Waals surface area contributed by atoms with Crippen molar-refractivity contribution in [2.24, 2.45) is 0 Å². The minimum absolute atomic E-state index is 0.129. The smallest absolute Gasteiger partial charge is 0.356 e. The van der Waals surface area contributed by atoms with Crippen molar-refractivity contribution in [2.45, 2.75) is 18.6 Å². The monoisotopic (exact) mass is 512 g/mol. The minimum Gasteiger partial charge on any atom is -0.356 e. The Morgan fingerprint density at radius 3 is 2.67 bits per heavy atom. The zero-order chi connectivity index (χ0) is 25.0. The summed E-state index contributed by atoms with van der Waals surface area (Å²) in [5, 5.41) is 1.45. The summed E-state index contributed by atoms with van der Waals surface area (Å²) in [6, 6.07) is 10.2. The van der Waals surface area contributed by atoms with Crippen molar-refractivity contribution in [3.05, 3.63) is 101 Å². The summed E-state index contributed by atoms with van der Waals surface area (Å²) in [7, 11) is 0. The molecule has 1 aliphatic rings. The molecule has 0 amide bonds. The summed E-state index contributed by atoms with van der Waals surface area (Å²) in [5.41, 5.74) is 2.18. The number of H-pyrrole nitrogens is 1. The van der Waals surface area contributed by atoms with Crippen LogP contribution in [0.2, 0.25) is 5.02 Å². The molecule has 182 valence electrons. The predicted octanol–water partition coefficient (Wildman–Crippen LogP) is 6.11. The summed E-state index contributed by atoms with van der Waals surface area (Å²) in [5.74, 6) is -0.650. The van der Waals surface area contributed by atoms with Crippen LogP contribution in [-0.2, 0) is 12.6 Å². The van der Waals surface area contributed by atoms with Gasteiger partial charge in [0.15, 0.2) is 0 Å². The van der Waals surface area contributed by atoms with Gasteiger partial charge in [0.1, 0.15) is 17.6 Å². The third-order valence-electron chi connectivity index (χ3n) is 6.36. The van der Waals surface area contributed by atoms with Crippen LogP contribution in [0.3, 0.4) is 0 Å². The number of nitrogens with one attached hydrogen (secondary N) is 1. The normalized spacial score (nSPS) is 15.9. The Labute approximate surface area is 207 Å². The van der Waals surface area contributed by atoms with E-state index in [9.17, 15) is 13.2 Å². The first-order chi connectivity index (χ1) is 17.3. The topological polar surface area (TPSA) is 62.6 Å². The number of halogens is 5. The Kier molecular flexibility index (Phi) is 5.22. The Balaban J connectivity index is 1.53. The molecule has 6 rings (SSSR count). The quantitative estimate of drug-likeness (QED) is 0.296. The zero-order valence-corrected chi connectivity index (χ0v) is 19.2. The van der Waals surface area contributed by atoms with Crippen molar-refractivity contribution in [1.82, 2.24) is 24.5 Å². The maximum Gasteiger partial charge on any atom is 0.433 e. The van der Waals surface area contributed by atoms with Crippen molar-refractivity contribution in [2.75, 3.05) is 11.4 Å². The number of benzene rings is 2. The standard InChI is InChI=1S/C25H17ClF4N6/c26-14-1-4-20-18(11-14)16-6-9-36(24-32-7-5-21(34-24)25(28,29)30)23(22(16)33-20)17-3-2-15(12-19(17)27)35-10-8-31-13-35/h1-5,7-8,10-13,23,33H,6,9H2. The van der Waals surface area contributed by atoms with Crippen LogP contribution in [0.5, 0.6) is 0 Å². The highest BCUT2D eigenvalue weighted by atomic mass is 35.5. The van der Waals surface area contributed by atoms with Crippen molar-refractivity contribution in [3.63, 3.8) is 0 Å². The summed E-state index contributed by atoms with van der Waals surface area (Å²) in [6.07, 6.45) is 1.75. The van der Waals surface area contributed by atoms with Gasteiger partial charge in [-0.15, -0.1) is 0 Å². The molecule has 0 saturated carbocycles. The molecule has 0 spiro atoms. The Bertz CT molecular complexity index is 1580. The molecule has 6 nitrogen and oxygen atoms in total. The second kappa shape index (κ2) is 8.34. The molecule has 0 aliphatic carbocycles. The molecule has 1 atom stereocenters. The number of alkyl halides is 3. The molecular weight excluding hydrogens is 496 g/mol. The highest BCUT2D eigenvalue weighted by Crippen LogP contribution is 2.42. The Morgan fingerprint density at radius 1 is 1.06 bits per heavy atom. The van der Waals surface area contributed by atoms with Gasteiger partial charge in [-0.2, -0.15) is 13.2 Å². The van der Waals surface area contributed by atoms with E-state index in [2.05, 4.69) is 19.9 Å². The lowest BCUT2D eigenvalue weighted by Gasteiger charge is -2.36. The van der Waals surface area contributed by atoms with E-state index in [1.165, 1.54) is 6.07 Å². The maximum atomic E-state index is 15.7. The Morgan fingerprint density at radius 2 is 1.92 bits per heavy atom. The van der Waals surface area contributed by atoms with Gasteiger partial charge in [-0.25, -0.2) is 19.3 Å². The van der Waals surface area contributed by atoms with E-state index in [1.54, 1.807) is 46.4 Å². The molecular formula is C25H17ClF4N6. The first-order valence-electron chi connectivity index (χ1n) is 11.0. The third kappa shape index (κ3) is 3.78. The maximum absolute atomic E-state index is 15.7. The minimum atomic E-state index is -4.64. The van der Waals surface area contributed by atoms with E-state index < -0.39 is 23.7 Å². The van der Waals surface area contributed by atoms with E-state index in [0.717, 1.165) is 28.7 Å². The molecule has 2 aromatic carbocycles. The van der Waals surface area contributed by atoms with Crippen molar-refractivity contribution in [3.8, 4) is 5.69 Å². The summed E-state index contributed by atoms with van der Waals surface area (Å²) < 4.78 is 57.6. The van der Waals surface area contributed by atoms with E-state index >= 15 is 4.39 Å². The summed E-state index contributed by atoms with van der Waals surface area (Å²) in [6.45, 7) is 0.279. The fraction of sp³-hybridized carbons (Fsp3) is 0.160. The van der Waals surface area contributed by atoms with Gasteiger partial charge in [-0.3, -0.25) is 0 Å². The van der Waals surface area contributed by atoms with Crippen LogP contribution in [0.15, 0.2) is 67.4 Å². The molecule has 1 unspecified atom stereocenters. The average Bonchev–Trinajstić information content (AvgIpc) is 3.51. The van der Waals surface area contributed by atoms with Crippen LogP contribution in [-0.4, -0.2) is 31.0 Å². The number of hydrogen-bond donors (Lipinski definition) is 1. The van der Waals surface area contributed by atoms with Crippen LogP contribution in [0.1, 0.15) is 28.6 Å². The molecule has 0 radical (unpaired) electrons. The van der Waals surface area contributed by atoms with E-state index in [-0.39, 0.29) is 18.1 Å². The van der Waals surface area contributed by atoms with Gasteiger partial charge < -0.3 is 14.5 Å². The largest absolute Gasteiger partial charge is 0.433 e. The van der Waals surface area contributed by atoms with E-state index in [1.807, 2.05) is 12.1 Å². The lowest BCUT2D eigenvalue weighted by Crippen LogP contribution is -2.38. The van der Waals surface area contributed by atoms with Gasteiger partial charge in [0.05, 0.1) is 6.33 Å². The molecule has 3 aromatic heterocycles. The molecule has 5 aromatic rings. The van der Waals surface area contributed by atoms with E-state index in [4.69, 9.17) is 11.6 Å². The Hall–Kier alpha value is -3.92. The molecule has 11 heteroatoms. The summed E-state index contributed by atoms with van der Waals surface area (Å²) >= 11 is 6.23. The first-order valence-corrected chi connectivity index (χ1v) is 11.4. The lowest BCUT2D eigenvalue weighted by atomic mass is 9.92. The number of aromatic amines is 1. The van der Waals surface area contributed by atoms with Gasteiger partial charge in [0, 0.05) is 58.0 Å². The molecule has 0 bridgehead atoms. The molecule has 0 saturated heterocycles. The molecule has 0 fully saturated rings. The third-order valence-corrected chi connectivity index (χ3v) is 6.60. The fourth-order valence-electron chi connectivity index (χ4n) is 4.75. The van der Waals surface area contributed by atoms with Crippen molar-refractivity contribution in [1.29, 1.82) is 0 Å². The van der Waals surface area contributed by atoms with Gasteiger partial charge in [0.2, 0.25) is 5.95 Å². The number of fused-ring (bicyclic) bond motifs is 3. The number of imidazole rings is 1. The first kappa shape index (κ1) is 22.5. The van der Waals surface area contributed by atoms with Gasteiger partial charge >= 0.3 is 6.18 Å². The number of anilines is 1. The van der Waals surface area contributed by atoms with Crippen LogP contribution in [0.4, 0.5) is 23.5 Å². The molecule has 1 N–H and O–H groups in total. The number of hydrogen-bond acceptors (Lipinski definition) is 4. The zero-order valence-electron chi connectivity index (χ0n) is 18.5. The number of nitrogens with zero attached hydrogens (tertiary/aromatic N) is 5. The number of aromatic nitrogens is 5. The molecule has 4 heterocycles. The van der Waals surface area contributed by atoms with Crippen LogP contribution < -0.4 is 4.90 Å². The van der Waals surface area contributed by atoms with Crippen molar-refractivity contribution >= 4 is 28.5 Å². The van der Waals surface area contributed by atoms with Crippen LogP contribution in [0.25, 0.3) is 16.6 Å². The fourth-order valence-corrected chi connectivity index (χ4v) is 4.93. The average molecular weight is 513 g/mol. The lowest BCUT2D eigenvalue weighted by molar-refractivity contribution is -0.141.